The van der Waals surface area contributed by atoms with Gasteiger partial charge in [-0.1, -0.05) is 43.0 Å². The molecule has 4 heteroatoms. The number of nitrogens with one attached hydrogen (secondary N) is 1. The van der Waals surface area contributed by atoms with Gasteiger partial charge in [0, 0.05) is 16.8 Å². The lowest BCUT2D eigenvalue weighted by molar-refractivity contribution is 0.482. The smallest absolute Gasteiger partial charge is 0.128 e. The monoisotopic (exact) mass is 319 g/mol. The minimum absolute atomic E-state index is 0.223. The van der Waals surface area contributed by atoms with E-state index >= 15 is 0 Å². The van der Waals surface area contributed by atoms with Crippen LogP contribution >= 0.6 is 0 Å². The second-order valence-corrected chi connectivity index (χ2v) is 5.21. The molecule has 2 aromatic rings. The van der Waals surface area contributed by atoms with Crippen molar-refractivity contribution in [2.75, 3.05) is 0 Å². The lowest BCUT2D eigenvalue weighted by Gasteiger charge is -2.11. The fraction of sp³-hybridized carbons (Fsp3) is 0.100. The summed E-state index contributed by atoms with van der Waals surface area (Å²) in [6.07, 6.45) is 1.84. The molecule has 3 N–H and O–H groups in total. The highest BCUT2D eigenvalue weighted by Crippen LogP contribution is 2.23. The highest BCUT2D eigenvalue weighted by molar-refractivity contribution is 6.28. The molecule has 0 aromatic heterocycles. The Kier molecular flexibility index (Phi) is 5.68. The van der Waals surface area contributed by atoms with Gasteiger partial charge >= 0.3 is 0 Å². The van der Waals surface area contributed by atoms with E-state index in [0.717, 1.165) is 11.3 Å². The van der Waals surface area contributed by atoms with E-state index in [1.54, 1.807) is 0 Å². The van der Waals surface area contributed by atoms with Crippen molar-refractivity contribution in [3.8, 4) is 11.5 Å². The number of aliphatic imine (C=N–C) groups is 1. The van der Waals surface area contributed by atoms with Crippen molar-refractivity contribution in [2.24, 2.45) is 10.7 Å². The Labute approximate surface area is 142 Å². The van der Waals surface area contributed by atoms with Crippen LogP contribution in [-0.2, 0) is 0 Å². The van der Waals surface area contributed by atoms with E-state index < -0.39 is 0 Å². The van der Waals surface area contributed by atoms with Gasteiger partial charge in [-0.05, 0) is 38.1 Å². The van der Waals surface area contributed by atoms with Crippen LogP contribution in [0.3, 0.4) is 0 Å². The molecule has 0 fully saturated rings. The summed E-state index contributed by atoms with van der Waals surface area (Å²) >= 11 is 0. The van der Waals surface area contributed by atoms with Gasteiger partial charge in [0.2, 0.25) is 0 Å². The second kappa shape index (κ2) is 7.92. The number of rotatable bonds is 6. The Balaban J connectivity index is 2.27. The van der Waals surface area contributed by atoms with Crippen molar-refractivity contribution in [1.29, 1.82) is 5.41 Å². The Morgan fingerprint density at radius 3 is 2.42 bits per heavy atom. The predicted octanol–water partition coefficient (Wildman–Crippen LogP) is 4.68. The van der Waals surface area contributed by atoms with Crippen molar-refractivity contribution < 1.29 is 4.74 Å². The molecule has 0 unspecified atom stereocenters. The minimum atomic E-state index is 0.223. The molecule has 0 heterocycles. The standard InChI is InChI=1S/C20H21N3O/c1-4-19(14(2)23-15(3)21)20(22)16-9-8-12-18(13-16)24-17-10-6-5-7-11-17/h4-13,22H,3,21H2,1-2H3/b19-4+,22-20?,23-14-. The first kappa shape index (κ1) is 17.2. The second-order valence-electron chi connectivity index (χ2n) is 5.21. The molecule has 0 aliphatic rings. The van der Waals surface area contributed by atoms with Crippen LogP contribution in [0.25, 0.3) is 0 Å². The third-order valence-electron chi connectivity index (χ3n) is 3.36. The maximum Gasteiger partial charge on any atom is 0.128 e. The normalized spacial score (nSPS) is 11.9. The van der Waals surface area contributed by atoms with E-state index in [9.17, 15) is 0 Å². The van der Waals surface area contributed by atoms with Gasteiger partial charge in [0.05, 0.1) is 5.71 Å². The van der Waals surface area contributed by atoms with Crippen molar-refractivity contribution >= 4 is 11.4 Å². The Morgan fingerprint density at radius 2 is 1.79 bits per heavy atom. The van der Waals surface area contributed by atoms with Crippen molar-refractivity contribution in [3.05, 3.63) is 84.2 Å². The summed E-state index contributed by atoms with van der Waals surface area (Å²) in [5.41, 5.74) is 8.00. The summed E-state index contributed by atoms with van der Waals surface area (Å²) < 4.78 is 5.83. The van der Waals surface area contributed by atoms with E-state index in [1.165, 1.54) is 0 Å². The summed E-state index contributed by atoms with van der Waals surface area (Å²) in [4.78, 5) is 4.14. The lowest BCUT2D eigenvalue weighted by atomic mass is 9.99. The Bertz CT molecular complexity index is 805. The Morgan fingerprint density at radius 1 is 1.12 bits per heavy atom. The van der Waals surface area contributed by atoms with Crippen molar-refractivity contribution in [1.82, 2.24) is 0 Å². The van der Waals surface area contributed by atoms with Gasteiger partial charge in [-0.25, -0.2) is 4.99 Å². The fourth-order valence-corrected chi connectivity index (χ4v) is 2.30. The molecule has 0 saturated heterocycles. The van der Waals surface area contributed by atoms with Gasteiger partial charge in [-0.15, -0.1) is 0 Å². The van der Waals surface area contributed by atoms with E-state index in [0.29, 0.717) is 22.7 Å². The van der Waals surface area contributed by atoms with Gasteiger partial charge in [-0.2, -0.15) is 0 Å². The summed E-state index contributed by atoms with van der Waals surface area (Å²) in [5, 5.41) is 8.46. The molecule has 2 rings (SSSR count). The molecule has 0 aliphatic heterocycles. The topological polar surface area (TPSA) is 71.5 Å². The molecule has 0 saturated carbocycles. The number of para-hydroxylation sites is 1. The first-order valence-electron chi connectivity index (χ1n) is 7.60. The lowest BCUT2D eigenvalue weighted by Crippen LogP contribution is -2.12. The van der Waals surface area contributed by atoms with Gasteiger partial charge in [0.25, 0.3) is 0 Å². The van der Waals surface area contributed by atoms with E-state index in [4.69, 9.17) is 15.9 Å². The van der Waals surface area contributed by atoms with E-state index in [1.807, 2.05) is 74.5 Å². The molecule has 0 bridgehead atoms. The quantitative estimate of drug-likeness (QED) is 0.759. The molecule has 0 atom stereocenters. The molecule has 2 aromatic carbocycles. The number of hydrogen-bond acceptors (Lipinski definition) is 4. The summed E-state index contributed by atoms with van der Waals surface area (Å²) in [7, 11) is 0. The van der Waals surface area contributed by atoms with E-state index in [2.05, 4.69) is 11.6 Å². The molecule has 0 radical (unpaired) electrons. The zero-order valence-corrected chi connectivity index (χ0v) is 13.9. The number of nitrogens with two attached hydrogens (primary N) is 1. The third kappa shape index (κ3) is 4.43. The van der Waals surface area contributed by atoms with Gasteiger partial charge in [-0.3, -0.25) is 5.41 Å². The maximum absolute atomic E-state index is 8.46. The van der Waals surface area contributed by atoms with Crippen LogP contribution in [0.5, 0.6) is 11.5 Å². The summed E-state index contributed by atoms with van der Waals surface area (Å²) in [6, 6.07) is 17.0. The number of nitrogens with zero attached hydrogens (tertiary/aromatic N) is 1. The van der Waals surface area contributed by atoms with Crippen LogP contribution in [0.15, 0.2) is 83.6 Å². The molecule has 0 aliphatic carbocycles. The molecule has 0 spiro atoms. The van der Waals surface area contributed by atoms with Crippen LogP contribution in [0, 0.1) is 5.41 Å². The Hall–Kier alpha value is -3.14. The molecule has 0 amide bonds. The highest BCUT2D eigenvalue weighted by atomic mass is 16.5. The zero-order valence-electron chi connectivity index (χ0n) is 13.9. The maximum atomic E-state index is 8.46. The van der Waals surface area contributed by atoms with Crippen molar-refractivity contribution in [2.45, 2.75) is 13.8 Å². The van der Waals surface area contributed by atoms with Crippen LogP contribution in [0.4, 0.5) is 0 Å². The summed E-state index contributed by atoms with van der Waals surface area (Å²) in [5.74, 6) is 1.65. The molecule has 4 nitrogen and oxygen atoms in total. The number of allylic oxidation sites excluding steroid dienone is 2. The first-order chi connectivity index (χ1) is 11.5. The molecule has 122 valence electrons. The first-order valence-corrected chi connectivity index (χ1v) is 7.60. The number of benzene rings is 2. The predicted molar refractivity (Wildman–Crippen MR) is 100.0 cm³/mol. The SMILES string of the molecule is C=C(N)/N=C(C)\C(=C/C)C(=N)c1cccc(Oc2ccccc2)c1. The van der Waals surface area contributed by atoms with Crippen LogP contribution in [-0.4, -0.2) is 11.4 Å². The fourth-order valence-electron chi connectivity index (χ4n) is 2.30. The minimum Gasteiger partial charge on any atom is -0.457 e. The van der Waals surface area contributed by atoms with Gasteiger partial charge in [0.15, 0.2) is 0 Å². The van der Waals surface area contributed by atoms with Crippen LogP contribution in [0.2, 0.25) is 0 Å². The average Bonchev–Trinajstić information content (AvgIpc) is 2.56. The number of hydrogen-bond donors (Lipinski definition) is 2. The molecular formula is C20H21N3O. The van der Waals surface area contributed by atoms with Crippen LogP contribution < -0.4 is 10.5 Å². The summed E-state index contributed by atoms with van der Waals surface area (Å²) in [6.45, 7) is 7.26. The van der Waals surface area contributed by atoms with Crippen molar-refractivity contribution in [3.63, 3.8) is 0 Å². The molecular weight excluding hydrogens is 298 g/mol. The van der Waals surface area contributed by atoms with Gasteiger partial charge < -0.3 is 10.5 Å². The van der Waals surface area contributed by atoms with E-state index in [-0.39, 0.29) is 5.82 Å². The third-order valence-corrected chi connectivity index (χ3v) is 3.36. The van der Waals surface area contributed by atoms with Crippen LogP contribution in [0.1, 0.15) is 19.4 Å². The zero-order chi connectivity index (χ0) is 17.5. The number of ether oxygens (including phenoxy) is 1. The largest absolute Gasteiger partial charge is 0.457 e. The average molecular weight is 319 g/mol. The highest BCUT2D eigenvalue weighted by Gasteiger charge is 2.11. The molecule has 24 heavy (non-hydrogen) atoms. The van der Waals surface area contributed by atoms with Gasteiger partial charge in [0.1, 0.15) is 17.3 Å².